The van der Waals surface area contributed by atoms with Gasteiger partial charge in [0.15, 0.2) is 13.2 Å². The third kappa shape index (κ3) is 9.49. The van der Waals surface area contributed by atoms with Crippen molar-refractivity contribution in [3.8, 4) is 23.0 Å². The topological polar surface area (TPSA) is 169 Å². The number of benzene rings is 4. The first kappa shape index (κ1) is 35.8. The standard InChI is InChI=1S/C38H46N4O6/c1-3-26-9-5-13-30(37(26)47-23-33(43)41-18-16-39)21-28-11-6-12-29(36(28)46)22-32-15-7-14-31(20-27-10-4-8-25(2)35(27)45)38(32)48-24-34(44)42-19-17-40/h4-15,45-46H,3,16-24,39-40H2,1-2H3,(H,41,43)(H,42,44). The van der Waals surface area contributed by atoms with E-state index in [9.17, 15) is 19.8 Å². The fourth-order valence-corrected chi connectivity index (χ4v) is 5.55. The second kappa shape index (κ2) is 17.7. The number of nitrogens with one attached hydrogen (secondary N) is 2. The molecule has 0 spiro atoms. The van der Waals surface area contributed by atoms with Gasteiger partial charge >= 0.3 is 0 Å². The van der Waals surface area contributed by atoms with Gasteiger partial charge in [-0.05, 0) is 57.9 Å². The largest absolute Gasteiger partial charge is 0.507 e. The van der Waals surface area contributed by atoms with Crippen LogP contribution in [-0.4, -0.2) is 61.4 Å². The van der Waals surface area contributed by atoms with E-state index in [2.05, 4.69) is 10.6 Å². The average molecular weight is 655 g/mol. The van der Waals surface area contributed by atoms with E-state index in [-0.39, 0.29) is 36.5 Å². The van der Waals surface area contributed by atoms with E-state index in [4.69, 9.17) is 20.9 Å². The molecule has 0 aliphatic carbocycles. The molecular weight excluding hydrogens is 608 g/mol. The van der Waals surface area contributed by atoms with E-state index in [0.717, 1.165) is 33.4 Å². The molecule has 0 heterocycles. The summed E-state index contributed by atoms with van der Waals surface area (Å²) >= 11 is 0. The molecular formula is C38H46N4O6. The highest BCUT2D eigenvalue weighted by atomic mass is 16.5. The number of ether oxygens (including phenoxy) is 2. The molecule has 48 heavy (non-hydrogen) atoms. The Labute approximate surface area is 282 Å². The number of carbonyl (C=O) groups is 2. The molecule has 8 N–H and O–H groups in total. The van der Waals surface area contributed by atoms with Gasteiger partial charge in [0, 0.05) is 45.4 Å². The van der Waals surface area contributed by atoms with Crippen LogP contribution in [0.1, 0.15) is 51.4 Å². The minimum Gasteiger partial charge on any atom is -0.507 e. The first-order chi connectivity index (χ1) is 23.2. The summed E-state index contributed by atoms with van der Waals surface area (Å²) in [5.74, 6) is 0.949. The van der Waals surface area contributed by atoms with Gasteiger partial charge in [0.2, 0.25) is 0 Å². The molecule has 4 rings (SSSR count). The number of nitrogens with two attached hydrogens (primary N) is 2. The summed E-state index contributed by atoms with van der Waals surface area (Å²) in [6.07, 6.45) is 1.80. The van der Waals surface area contributed by atoms with E-state index >= 15 is 0 Å². The summed E-state index contributed by atoms with van der Waals surface area (Å²) in [5, 5.41) is 27.7. The highest BCUT2D eigenvalue weighted by molar-refractivity contribution is 5.78. The molecule has 0 fully saturated rings. The Morgan fingerprint density at radius 1 is 0.604 bits per heavy atom. The number of phenolic OH excluding ortho intramolecular Hbond substituents is 2. The smallest absolute Gasteiger partial charge is 0.257 e. The molecule has 0 aliphatic rings. The van der Waals surface area contributed by atoms with Gasteiger partial charge in [0.1, 0.15) is 23.0 Å². The molecule has 0 atom stereocenters. The van der Waals surface area contributed by atoms with Crippen molar-refractivity contribution in [2.75, 3.05) is 39.4 Å². The van der Waals surface area contributed by atoms with Crippen molar-refractivity contribution in [1.82, 2.24) is 10.6 Å². The molecule has 10 nitrogen and oxygen atoms in total. The summed E-state index contributed by atoms with van der Waals surface area (Å²) < 4.78 is 12.2. The maximum absolute atomic E-state index is 12.5. The predicted octanol–water partition coefficient (Wildman–Crippen LogP) is 3.65. The second-order valence-corrected chi connectivity index (χ2v) is 11.6. The van der Waals surface area contributed by atoms with Gasteiger partial charge < -0.3 is 41.8 Å². The van der Waals surface area contributed by atoms with E-state index in [1.807, 2.05) is 86.6 Å². The maximum atomic E-state index is 12.5. The molecule has 0 bridgehead atoms. The van der Waals surface area contributed by atoms with Gasteiger partial charge in [-0.1, -0.05) is 79.7 Å². The first-order valence-corrected chi connectivity index (χ1v) is 16.2. The quantitative estimate of drug-likeness (QED) is 0.100. The molecule has 2 amide bonds. The number of aryl methyl sites for hydroxylation is 2. The minimum atomic E-state index is -0.298. The summed E-state index contributed by atoms with van der Waals surface area (Å²) in [6, 6.07) is 22.8. The Bertz CT molecular complexity index is 1710. The molecule has 0 aromatic heterocycles. The second-order valence-electron chi connectivity index (χ2n) is 11.6. The van der Waals surface area contributed by atoms with Crippen LogP contribution in [0.15, 0.2) is 72.8 Å². The molecule has 4 aromatic rings. The summed E-state index contributed by atoms with van der Waals surface area (Å²) in [7, 11) is 0. The van der Waals surface area contributed by atoms with Crippen LogP contribution in [0.4, 0.5) is 0 Å². The van der Waals surface area contributed by atoms with E-state index in [1.54, 1.807) is 0 Å². The maximum Gasteiger partial charge on any atom is 0.257 e. The van der Waals surface area contributed by atoms with Crippen LogP contribution < -0.4 is 31.6 Å². The fourth-order valence-electron chi connectivity index (χ4n) is 5.55. The van der Waals surface area contributed by atoms with Crippen molar-refractivity contribution in [2.24, 2.45) is 11.5 Å². The van der Waals surface area contributed by atoms with Crippen molar-refractivity contribution in [3.05, 3.63) is 117 Å². The Morgan fingerprint density at radius 2 is 0.979 bits per heavy atom. The minimum absolute atomic E-state index is 0.138. The van der Waals surface area contributed by atoms with Crippen LogP contribution in [0.2, 0.25) is 0 Å². The Hall–Kier alpha value is -5.06. The molecule has 0 saturated heterocycles. The number of amides is 2. The molecule has 254 valence electrons. The third-order valence-electron chi connectivity index (χ3n) is 8.03. The lowest BCUT2D eigenvalue weighted by atomic mass is 9.94. The van der Waals surface area contributed by atoms with Crippen LogP contribution in [0.25, 0.3) is 0 Å². The first-order valence-electron chi connectivity index (χ1n) is 16.2. The van der Waals surface area contributed by atoms with Crippen molar-refractivity contribution in [1.29, 1.82) is 0 Å². The number of carbonyl (C=O) groups excluding carboxylic acids is 2. The molecule has 0 saturated carbocycles. The highest BCUT2D eigenvalue weighted by Gasteiger charge is 2.19. The van der Waals surface area contributed by atoms with E-state index < -0.39 is 0 Å². The number of rotatable bonds is 17. The Balaban J connectivity index is 1.64. The van der Waals surface area contributed by atoms with E-state index in [0.29, 0.717) is 74.5 Å². The molecule has 0 aliphatic heterocycles. The lowest BCUT2D eigenvalue weighted by Crippen LogP contribution is -2.33. The molecule has 0 unspecified atom stereocenters. The zero-order valence-corrected chi connectivity index (χ0v) is 27.7. The molecule has 0 radical (unpaired) electrons. The Kier molecular flexibility index (Phi) is 13.2. The zero-order valence-electron chi connectivity index (χ0n) is 27.7. The van der Waals surface area contributed by atoms with Crippen molar-refractivity contribution < 1.29 is 29.3 Å². The number of hydrogen-bond acceptors (Lipinski definition) is 8. The van der Waals surface area contributed by atoms with Gasteiger partial charge in [0.25, 0.3) is 11.8 Å². The predicted molar refractivity (Wildman–Crippen MR) is 187 cm³/mol. The van der Waals surface area contributed by atoms with Crippen LogP contribution in [0, 0.1) is 6.92 Å². The fraction of sp³-hybridized carbons (Fsp3) is 0.316. The summed E-state index contributed by atoms with van der Waals surface area (Å²) in [5.41, 5.74) is 17.3. The van der Waals surface area contributed by atoms with Crippen molar-refractivity contribution in [3.63, 3.8) is 0 Å². The molecule has 10 heteroatoms. The van der Waals surface area contributed by atoms with Crippen molar-refractivity contribution >= 4 is 11.8 Å². The van der Waals surface area contributed by atoms with Crippen LogP contribution in [-0.2, 0) is 35.3 Å². The number of aromatic hydroxyl groups is 2. The summed E-state index contributed by atoms with van der Waals surface area (Å²) in [6.45, 7) is 4.89. The monoisotopic (exact) mass is 654 g/mol. The molecule has 4 aromatic carbocycles. The number of phenols is 2. The van der Waals surface area contributed by atoms with Gasteiger partial charge in [-0.15, -0.1) is 0 Å². The van der Waals surface area contributed by atoms with Crippen LogP contribution >= 0.6 is 0 Å². The zero-order chi connectivity index (χ0) is 34.5. The Morgan fingerprint density at radius 3 is 1.42 bits per heavy atom. The van der Waals surface area contributed by atoms with Gasteiger partial charge in [-0.25, -0.2) is 0 Å². The van der Waals surface area contributed by atoms with E-state index in [1.165, 1.54) is 0 Å². The summed E-state index contributed by atoms with van der Waals surface area (Å²) in [4.78, 5) is 24.7. The highest BCUT2D eigenvalue weighted by Crippen LogP contribution is 2.35. The SMILES string of the molecule is CCc1cccc(Cc2cccc(Cc3cccc(Cc4cccc(C)c4O)c3OCC(=O)NCCN)c2O)c1OCC(=O)NCCN. The average Bonchev–Trinajstić information content (AvgIpc) is 3.09. The lowest BCUT2D eigenvalue weighted by molar-refractivity contribution is -0.123. The van der Waals surface area contributed by atoms with Crippen LogP contribution in [0.3, 0.4) is 0 Å². The van der Waals surface area contributed by atoms with Gasteiger partial charge in [-0.2, -0.15) is 0 Å². The lowest BCUT2D eigenvalue weighted by Gasteiger charge is -2.19. The normalized spacial score (nSPS) is 10.8. The number of para-hydroxylation sites is 4. The van der Waals surface area contributed by atoms with Gasteiger partial charge in [-0.3, -0.25) is 9.59 Å². The number of hydrogen-bond donors (Lipinski definition) is 6. The van der Waals surface area contributed by atoms with Crippen molar-refractivity contribution in [2.45, 2.75) is 39.5 Å². The van der Waals surface area contributed by atoms with Crippen LogP contribution in [0.5, 0.6) is 23.0 Å². The third-order valence-corrected chi connectivity index (χ3v) is 8.03. The van der Waals surface area contributed by atoms with Gasteiger partial charge in [0.05, 0.1) is 0 Å².